The molecule has 1 aliphatic carbocycles. The summed E-state index contributed by atoms with van der Waals surface area (Å²) >= 11 is 0. The van der Waals surface area contributed by atoms with Crippen molar-refractivity contribution in [2.45, 2.75) is 44.6 Å². The van der Waals surface area contributed by atoms with E-state index in [1.165, 1.54) is 60.9 Å². The Kier molecular flexibility index (Phi) is 6.35. The summed E-state index contributed by atoms with van der Waals surface area (Å²) < 4.78 is 0. The third-order valence-corrected chi connectivity index (χ3v) is 7.42. The van der Waals surface area contributed by atoms with Gasteiger partial charge in [-0.15, -0.1) is 0 Å². The molecule has 0 aromatic heterocycles. The molecule has 168 valence electrons. The van der Waals surface area contributed by atoms with Crippen LogP contribution in [0.1, 0.15) is 49.7 Å². The third kappa shape index (κ3) is 4.75. The number of fused-ring (bicyclic) bond motifs is 1. The molecule has 2 atom stereocenters. The molecule has 2 heteroatoms. The van der Waals surface area contributed by atoms with Gasteiger partial charge in [0, 0.05) is 29.7 Å². The van der Waals surface area contributed by atoms with Crippen molar-refractivity contribution >= 4 is 17.1 Å². The summed E-state index contributed by atoms with van der Waals surface area (Å²) in [5.74, 6) is 0.851. The number of hydrogen-bond acceptors (Lipinski definition) is 2. The van der Waals surface area contributed by atoms with E-state index in [0.29, 0.717) is 6.04 Å². The predicted molar refractivity (Wildman–Crippen MR) is 142 cm³/mol. The Morgan fingerprint density at radius 1 is 0.727 bits per heavy atom. The largest absolute Gasteiger partial charge is 0.368 e. The van der Waals surface area contributed by atoms with Crippen LogP contribution in [0.5, 0.6) is 0 Å². The summed E-state index contributed by atoms with van der Waals surface area (Å²) in [6.45, 7) is 9.97. The van der Waals surface area contributed by atoms with Gasteiger partial charge in [-0.1, -0.05) is 92.7 Å². The molecule has 1 saturated heterocycles. The fourth-order valence-electron chi connectivity index (χ4n) is 5.64. The highest BCUT2D eigenvalue weighted by Crippen LogP contribution is 2.39. The Morgan fingerprint density at radius 3 is 2.27 bits per heavy atom. The number of nitrogens with zero attached hydrogens (tertiary/aromatic N) is 1. The minimum atomic E-state index is 0.676. The molecule has 33 heavy (non-hydrogen) atoms. The molecule has 1 saturated carbocycles. The molecule has 5 rings (SSSR count). The fourth-order valence-corrected chi connectivity index (χ4v) is 5.64. The van der Waals surface area contributed by atoms with Crippen LogP contribution in [0.2, 0.25) is 0 Å². The van der Waals surface area contributed by atoms with Crippen molar-refractivity contribution in [1.29, 1.82) is 0 Å². The predicted octanol–water partition coefficient (Wildman–Crippen LogP) is 8.06. The van der Waals surface area contributed by atoms with Crippen molar-refractivity contribution in [3.63, 3.8) is 0 Å². The maximum absolute atomic E-state index is 4.53. The van der Waals surface area contributed by atoms with Crippen molar-refractivity contribution < 1.29 is 0 Å². The second-order valence-corrected chi connectivity index (χ2v) is 9.52. The highest BCUT2D eigenvalue weighted by Gasteiger charge is 2.33. The van der Waals surface area contributed by atoms with E-state index >= 15 is 0 Å². The zero-order valence-corrected chi connectivity index (χ0v) is 19.5. The first-order valence-corrected chi connectivity index (χ1v) is 12.4. The molecule has 0 radical (unpaired) electrons. The Morgan fingerprint density at radius 2 is 1.45 bits per heavy atom. The standard InChI is InChI=1S/C31H34N2/c1-23(25-17-19-27(20-18-25)26-10-4-3-5-11-26)32-30-15-8-13-29(22-30)24(2)33-21-9-14-28-12-6-7-16-31(28)33/h3-5,8,10-11,13,15,17-20,22,28,31-32H,1-2,6-7,9,12,14,16,21H2. The highest BCUT2D eigenvalue weighted by atomic mass is 15.2. The van der Waals surface area contributed by atoms with Gasteiger partial charge < -0.3 is 10.2 Å². The molecule has 2 nitrogen and oxygen atoms in total. The second-order valence-electron chi connectivity index (χ2n) is 9.52. The van der Waals surface area contributed by atoms with E-state index < -0.39 is 0 Å². The van der Waals surface area contributed by atoms with Crippen LogP contribution >= 0.6 is 0 Å². The first-order chi connectivity index (χ1) is 16.2. The van der Waals surface area contributed by atoms with Crippen molar-refractivity contribution in [2.24, 2.45) is 5.92 Å². The number of likely N-dealkylation sites (tertiary alicyclic amines) is 1. The molecule has 1 N–H and O–H groups in total. The number of benzene rings is 3. The van der Waals surface area contributed by atoms with Crippen LogP contribution in [-0.2, 0) is 0 Å². The van der Waals surface area contributed by atoms with Gasteiger partial charge in [0.1, 0.15) is 0 Å². The molecule has 1 heterocycles. The normalized spacial score (nSPS) is 20.1. The molecule has 2 aliphatic rings. The van der Waals surface area contributed by atoms with E-state index in [1.807, 2.05) is 6.07 Å². The molecule has 0 bridgehead atoms. The molecular weight excluding hydrogens is 400 g/mol. The van der Waals surface area contributed by atoms with Crippen molar-refractivity contribution in [3.8, 4) is 11.1 Å². The van der Waals surface area contributed by atoms with Crippen LogP contribution in [0.4, 0.5) is 5.69 Å². The topological polar surface area (TPSA) is 15.3 Å². The van der Waals surface area contributed by atoms with Gasteiger partial charge in [0.25, 0.3) is 0 Å². The Hall–Kier alpha value is -3.26. The zero-order valence-electron chi connectivity index (χ0n) is 19.5. The van der Waals surface area contributed by atoms with E-state index in [-0.39, 0.29) is 0 Å². The minimum absolute atomic E-state index is 0.676. The summed E-state index contributed by atoms with van der Waals surface area (Å²) in [4.78, 5) is 2.60. The van der Waals surface area contributed by atoms with E-state index in [0.717, 1.165) is 29.4 Å². The summed E-state index contributed by atoms with van der Waals surface area (Å²) in [5, 5.41) is 3.52. The summed E-state index contributed by atoms with van der Waals surface area (Å²) in [6.07, 6.45) is 8.13. The smallest absolute Gasteiger partial charge is 0.0390 e. The number of nitrogens with one attached hydrogen (secondary N) is 1. The number of hydrogen-bond donors (Lipinski definition) is 1. The van der Waals surface area contributed by atoms with Crippen LogP contribution in [0.3, 0.4) is 0 Å². The first-order valence-electron chi connectivity index (χ1n) is 12.4. The van der Waals surface area contributed by atoms with E-state index in [2.05, 4.69) is 96.2 Å². The Bertz CT molecular complexity index is 1110. The van der Waals surface area contributed by atoms with Crippen LogP contribution in [0.15, 0.2) is 92.0 Å². The van der Waals surface area contributed by atoms with E-state index in [9.17, 15) is 0 Å². The first kappa shape index (κ1) is 21.6. The molecule has 3 aromatic carbocycles. The Balaban J connectivity index is 1.28. The lowest BCUT2D eigenvalue weighted by Crippen LogP contribution is -2.45. The van der Waals surface area contributed by atoms with Gasteiger partial charge in [-0.05, 0) is 66.0 Å². The van der Waals surface area contributed by atoms with Gasteiger partial charge in [0.15, 0.2) is 0 Å². The van der Waals surface area contributed by atoms with Gasteiger partial charge in [-0.3, -0.25) is 0 Å². The van der Waals surface area contributed by atoms with E-state index in [4.69, 9.17) is 0 Å². The molecule has 2 unspecified atom stereocenters. The molecular formula is C31H34N2. The zero-order chi connectivity index (χ0) is 22.6. The fraction of sp³-hybridized carbons (Fsp3) is 0.290. The maximum atomic E-state index is 4.53. The minimum Gasteiger partial charge on any atom is -0.368 e. The average molecular weight is 435 g/mol. The van der Waals surface area contributed by atoms with Gasteiger partial charge in [0.05, 0.1) is 0 Å². The quantitative estimate of drug-likeness (QED) is 0.422. The maximum Gasteiger partial charge on any atom is 0.0390 e. The molecule has 0 spiro atoms. The number of rotatable bonds is 6. The Labute approximate surface area is 198 Å². The monoisotopic (exact) mass is 434 g/mol. The third-order valence-electron chi connectivity index (χ3n) is 7.42. The lowest BCUT2D eigenvalue weighted by molar-refractivity contribution is 0.111. The van der Waals surface area contributed by atoms with Crippen molar-refractivity contribution in [2.75, 3.05) is 11.9 Å². The van der Waals surface area contributed by atoms with Crippen LogP contribution in [0.25, 0.3) is 22.5 Å². The van der Waals surface area contributed by atoms with Gasteiger partial charge in [-0.2, -0.15) is 0 Å². The summed E-state index contributed by atoms with van der Waals surface area (Å²) in [7, 11) is 0. The summed E-state index contributed by atoms with van der Waals surface area (Å²) in [6, 6.07) is 28.4. The lowest BCUT2D eigenvalue weighted by Gasteiger charge is -2.46. The van der Waals surface area contributed by atoms with Gasteiger partial charge in [0.2, 0.25) is 0 Å². The average Bonchev–Trinajstić information content (AvgIpc) is 2.88. The van der Waals surface area contributed by atoms with Gasteiger partial charge >= 0.3 is 0 Å². The molecule has 0 amide bonds. The molecule has 2 fully saturated rings. The summed E-state index contributed by atoms with van der Waals surface area (Å²) in [5.41, 5.74) is 7.89. The molecule has 1 aliphatic heterocycles. The number of anilines is 1. The van der Waals surface area contributed by atoms with Gasteiger partial charge in [-0.25, -0.2) is 0 Å². The van der Waals surface area contributed by atoms with E-state index in [1.54, 1.807) is 0 Å². The second kappa shape index (κ2) is 9.70. The van der Waals surface area contributed by atoms with Crippen molar-refractivity contribution in [3.05, 3.63) is 103 Å². The van der Waals surface area contributed by atoms with Crippen LogP contribution in [-0.4, -0.2) is 17.5 Å². The van der Waals surface area contributed by atoms with Crippen LogP contribution in [0, 0.1) is 5.92 Å². The SMILES string of the molecule is C=C(Nc1cccc(C(=C)N2CCCC3CCCCC32)c1)c1ccc(-c2ccccc2)cc1. The highest BCUT2D eigenvalue weighted by molar-refractivity contribution is 5.78. The van der Waals surface area contributed by atoms with Crippen LogP contribution < -0.4 is 5.32 Å². The lowest BCUT2D eigenvalue weighted by atomic mass is 9.78. The number of piperidine rings is 1. The van der Waals surface area contributed by atoms with Crippen molar-refractivity contribution in [1.82, 2.24) is 4.90 Å². The molecule has 3 aromatic rings.